The fourth-order valence-corrected chi connectivity index (χ4v) is 3.59. The number of allylic oxidation sites excluding steroid dienone is 2. The SMILES string of the molecule is Cc1c(S(=O)(=O)C2=CC=CNN2)oc2ccc(C(F)(F)F)cc12. The van der Waals surface area contributed by atoms with E-state index in [1.54, 1.807) is 0 Å². The van der Waals surface area contributed by atoms with Crippen molar-refractivity contribution in [3.05, 3.63) is 52.7 Å². The molecule has 1 aromatic carbocycles. The number of hydrogen-bond acceptors (Lipinski definition) is 5. The summed E-state index contributed by atoms with van der Waals surface area (Å²) in [5.41, 5.74) is 4.33. The molecule has 2 aromatic rings. The summed E-state index contributed by atoms with van der Waals surface area (Å²) < 4.78 is 68.8. The van der Waals surface area contributed by atoms with Crippen molar-refractivity contribution in [3.63, 3.8) is 0 Å². The van der Waals surface area contributed by atoms with E-state index < -0.39 is 21.6 Å². The highest BCUT2D eigenvalue weighted by molar-refractivity contribution is 7.95. The van der Waals surface area contributed by atoms with Crippen molar-refractivity contribution in [1.82, 2.24) is 10.9 Å². The lowest BCUT2D eigenvalue weighted by Crippen LogP contribution is -2.32. The summed E-state index contributed by atoms with van der Waals surface area (Å²) in [6.45, 7) is 1.41. The number of furan rings is 1. The quantitative estimate of drug-likeness (QED) is 0.876. The minimum atomic E-state index is -4.51. The second-order valence-corrected chi connectivity index (χ2v) is 6.70. The van der Waals surface area contributed by atoms with Gasteiger partial charge in [-0.25, -0.2) is 8.42 Å². The van der Waals surface area contributed by atoms with Gasteiger partial charge in [-0.3, -0.25) is 5.43 Å². The van der Waals surface area contributed by atoms with Crippen LogP contribution in [0.1, 0.15) is 11.1 Å². The van der Waals surface area contributed by atoms with Crippen LogP contribution in [0.25, 0.3) is 11.0 Å². The van der Waals surface area contributed by atoms with Gasteiger partial charge in [-0.1, -0.05) is 0 Å². The molecule has 0 unspecified atom stereocenters. The normalized spacial score (nSPS) is 15.2. The predicted molar refractivity (Wildman–Crippen MR) is 76.6 cm³/mol. The largest absolute Gasteiger partial charge is 0.444 e. The molecule has 0 saturated carbocycles. The fourth-order valence-electron chi connectivity index (χ4n) is 2.23. The maximum Gasteiger partial charge on any atom is 0.416 e. The molecule has 0 aliphatic carbocycles. The molecule has 122 valence electrons. The molecular formula is C14H11F3N2O3S. The fraction of sp³-hybridized carbons (Fsp3) is 0.143. The number of hydrogen-bond donors (Lipinski definition) is 2. The van der Waals surface area contributed by atoms with Crippen LogP contribution in [0.5, 0.6) is 0 Å². The maximum absolute atomic E-state index is 12.8. The number of nitrogens with one attached hydrogen (secondary N) is 2. The number of halogens is 3. The number of alkyl halides is 3. The Kier molecular flexibility index (Phi) is 3.40. The third-order valence-corrected chi connectivity index (χ3v) is 5.07. The smallest absolute Gasteiger partial charge is 0.416 e. The minimum absolute atomic E-state index is 0.0778. The molecule has 0 saturated heterocycles. The third kappa shape index (κ3) is 2.56. The van der Waals surface area contributed by atoms with Gasteiger partial charge in [0.1, 0.15) is 5.58 Å². The Morgan fingerprint density at radius 2 is 1.96 bits per heavy atom. The number of aryl methyl sites for hydroxylation is 1. The third-order valence-electron chi connectivity index (χ3n) is 3.38. The Morgan fingerprint density at radius 1 is 1.22 bits per heavy atom. The van der Waals surface area contributed by atoms with Crippen LogP contribution in [0.4, 0.5) is 13.2 Å². The number of fused-ring (bicyclic) bond motifs is 1. The molecule has 1 aliphatic rings. The van der Waals surface area contributed by atoms with Gasteiger partial charge in [-0.15, -0.1) is 0 Å². The molecular weight excluding hydrogens is 333 g/mol. The Balaban J connectivity index is 2.18. The molecule has 0 bridgehead atoms. The van der Waals surface area contributed by atoms with Crippen LogP contribution in [0.3, 0.4) is 0 Å². The van der Waals surface area contributed by atoms with Crippen LogP contribution in [0.15, 0.2) is 51.1 Å². The molecule has 1 aromatic heterocycles. The first-order valence-electron chi connectivity index (χ1n) is 6.45. The summed E-state index contributed by atoms with van der Waals surface area (Å²) in [7, 11) is -4.01. The van der Waals surface area contributed by atoms with E-state index in [0.717, 1.165) is 18.2 Å². The molecule has 5 nitrogen and oxygen atoms in total. The lowest BCUT2D eigenvalue weighted by molar-refractivity contribution is -0.137. The Bertz CT molecular complexity index is 940. The zero-order chi connectivity index (χ0) is 16.8. The molecule has 0 amide bonds. The Hall–Kier alpha value is -2.42. The van der Waals surface area contributed by atoms with E-state index in [1.807, 2.05) is 0 Å². The highest BCUT2D eigenvalue weighted by Gasteiger charge is 2.33. The highest BCUT2D eigenvalue weighted by Crippen LogP contribution is 2.36. The van der Waals surface area contributed by atoms with Crippen LogP contribution in [-0.2, 0) is 16.0 Å². The van der Waals surface area contributed by atoms with E-state index in [9.17, 15) is 21.6 Å². The van der Waals surface area contributed by atoms with Crippen LogP contribution in [0.2, 0.25) is 0 Å². The summed E-state index contributed by atoms with van der Waals surface area (Å²) in [4.78, 5) is 0. The second-order valence-electron chi connectivity index (χ2n) is 4.89. The van der Waals surface area contributed by atoms with Crippen molar-refractivity contribution in [2.45, 2.75) is 18.2 Å². The molecule has 0 radical (unpaired) electrons. The van der Waals surface area contributed by atoms with E-state index in [2.05, 4.69) is 10.9 Å². The van der Waals surface area contributed by atoms with Gasteiger partial charge in [0.15, 0.2) is 5.03 Å². The standard InChI is InChI=1S/C14H11F3N2O3S/c1-8-10-7-9(14(15,16)17)4-5-11(10)22-13(8)23(20,21)12-3-2-6-18-19-12/h2-7,18-19H,1H3. The van der Waals surface area contributed by atoms with Crippen molar-refractivity contribution >= 4 is 20.8 Å². The van der Waals surface area contributed by atoms with Gasteiger partial charge in [-0.05, 0) is 37.3 Å². The van der Waals surface area contributed by atoms with E-state index >= 15 is 0 Å². The summed E-state index contributed by atoms with van der Waals surface area (Å²) in [6.07, 6.45) is -0.234. The number of hydrazine groups is 1. The number of benzene rings is 1. The van der Waals surface area contributed by atoms with Crippen molar-refractivity contribution < 1.29 is 26.0 Å². The number of rotatable bonds is 2. The molecule has 1 aliphatic heterocycles. The molecule has 0 atom stereocenters. The van der Waals surface area contributed by atoms with Crippen molar-refractivity contribution in [1.29, 1.82) is 0 Å². The van der Waals surface area contributed by atoms with Gasteiger partial charge in [-0.2, -0.15) is 13.2 Å². The van der Waals surface area contributed by atoms with Crippen LogP contribution in [0, 0.1) is 6.92 Å². The predicted octanol–water partition coefficient (Wildman–Crippen LogP) is 3.00. The summed E-state index contributed by atoms with van der Waals surface area (Å²) >= 11 is 0. The van der Waals surface area contributed by atoms with Gasteiger partial charge in [0.05, 0.1) is 5.56 Å². The lowest BCUT2D eigenvalue weighted by Gasteiger charge is -2.12. The van der Waals surface area contributed by atoms with E-state index in [-0.39, 0.29) is 26.7 Å². The molecule has 0 spiro atoms. The Labute approximate surface area is 129 Å². The first-order valence-corrected chi connectivity index (χ1v) is 7.93. The maximum atomic E-state index is 12.8. The highest BCUT2D eigenvalue weighted by atomic mass is 32.2. The van der Waals surface area contributed by atoms with Gasteiger partial charge in [0, 0.05) is 17.1 Å². The van der Waals surface area contributed by atoms with E-state index in [0.29, 0.717) is 0 Å². The van der Waals surface area contributed by atoms with Gasteiger partial charge >= 0.3 is 6.18 Å². The van der Waals surface area contributed by atoms with Crippen molar-refractivity contribution in [3.8, 4) is 0 Å². The van der Waals surface area contributed by atoms with Gasteiger partial charge in [0.25, 0.3) is 9.84 Å². The molecule has 9 heteroatoms. The molecule has 23 heavy (non-hydrogen) atoms. The molecule has 2 heterocycles. The molecule has 2 N–H and O–H groups in total. The van der Waals surface area contributed by atoms with E-state index in [1.165, 1.54) is 25.3 Å². The van der Waals surface area contributed by atoms with Crippen molar-refractivity contribution in [2.75, 3.05) is 0 Å². The Morgan fingerprint density at radius 3 is 2.57 bits per heavy atom. The topological polar surface area (TPSA) is 71.3 Å². The average Bonchev–Trinajstić information content (AvgIpc) is 2.85. The first-order chi connectivity index (χ1) is 10.7. The van der Waals surface area contributed by atoms with Crippen LogP contribution >= 0.6 is 0 Å². The van der Waals surface area contributed by atoms with Crippen LogP contribution < -0.4 is 10.9 Å². The lowest BCUT2D eigenvalue weighted by atomic mass is 10.1. The monoisotopic (exact) mass is 344 g/mol. The second kappa shape index (κ2) is 5.05. The summed E-state index contributed by atoms with van der Waals surface area (Å²) in [5, 5.41) is -0.431. The number of sulfone groups is 1. The summed E-state index contributed by atoms with van der Waals surface area (Å²) in [6, 6.07) is 2.85. The zero-order valence-corrected chi connectivity index (χ0v) is 12.5. The molecule has 0 fully saturated rings. The minimum Gasteiger partial charge on any atom is -0.444 e. The van der Waals surface area contributed by atoms with Gasteiger partial charge < -0.3 is 9.84 Å². The molecule has 3 rings (SSSR count). The first kappa shape index (κ1) is 15.5. The average molecular weight is 344 g/mol. The van der Waals surface area contributed by atoms with Crippen molar-refractivity contribution in [2.24, 2.45) is 0 Å². The van der Waals surface area contributed by atoms with Gasteiger partial charge in [0.2, 0.25) is 5.09 Å². The zero-order valence-electron chi connectivity index (χ0n) is 11.7. The van der Waals surface area contributed by atoms with E-state index in [4.69, 9.17) is 4.42 Å². The summed E-state index contributed by atoms with van der Waals surface area (Å²) in [5.74, 6) is 0. The van der Waals surface area contributed by atoms with Crippen LogP contribution in [-0.4, -0.2) is 8.42 Å².